The summed E-state index contributed by atoms with van der Waals surface area (Å²) in [6.07, 6.45) is -4.91. The van der Waals surface area contributed by atoms with Gasteiger partial charge in [-0.3, -0.25) is 9.59 Å². The molecule has 0 bridgehead atoms. The van der Waals surface area contributed by atoms with Crippen LogP contribution in [-0.4, -0.2) is 16.9 Å². The van der Waals surface area contributed by atoms with Crippen molar-refractivity contribution in [3.05, 3.63) is 86.9 Å². The van der Waals surface area contributed by atoms with Crippen LogP contribution in [0, 0.1) is 11.6 Å². The number of alkyl halides is 3. The molecule has 0 saturated heterocycles. The first-order valence-corrected chi connectivity index (χ1v) is 9.85. The molecule has 1 aliphatic heterocycles. The van der Waals surface area contributed by atoms with Crippen LogP contribution in [0.5, 0.6) is 5.75 Å². The van der Waals surface area contributed by atoms with Gasteiger partial charge in [-0.15, -0.1) is 0 Å². The van der Waals surface area contributed by atoms with Crippen LogP contribution >= 0.6 is 11.6 Å². The van der Waals surface area contributed by atoms with Gasteiger partial charge in [0.25, 0.3) is 11.8 Å². The summed E-state index contributed by atoms with van der Waals surface area (Å²) in [5.74, 6) is -4.57. The Labute approximate surface area is 193 Å². The number of amides is 2. The first kappa shape index (κ1) is 23.3. The van der Waals surface area contributed by atoms with Crippen LogP contribution in [0.1, 0.15) is 43.4 Å². The number of nitrogens with one attached hydrogen (secondary N) is 2. The molecule has 0 aliphatic carbocycles. The molecule has 12 heteroatoms. The molecule has 1 heterocycles. The van der Waals surface area contributed by atoms with Gasteiger partial charge >= 0.3 is 6.18 Å². The van der Waals surface area contributed by atoms with E-state index in [1.54, 1.807) is 0 Å². The Morgan fingerprint density at radius 1 is 1.09 bits per heavy atom. The summed E-state index contributed by atoms with van der Waals surface area (Å²) in [4.78, 5) is 25.3. The second-order valence-electron chi connectivity index (χ2n) is 7.40. The fraction of sp³-hybridized carbons (Fsp3) is 0.0909. The van der Waals surface area contributed by atoms with Crippen molar-refractivity contribution in [2.75, 3.05) is 11.1 Å². The molecular weight excluding hydrogens is 485 g/mol. The van der Waals surface area contributed by atoms with Gasteiger partial charge < -0.3 is 21.5 Å². The first-order chi connectivity index (χ1) is 15.9. The third-order valence-electron chi connectivity index (χ3n) is 5.17. The Morgan fingerprint density at radius 3 is 2.47 bits per heavy atom. The number of halogens is 6. The average molecular weight is 498 g/mol. The highest BCUT2D eigenvalue weighted by Crippen LogP contribution is 2.45. The first-order valence-electron chi connectivity index (χ1n) is 9.47. The third-order valence-corrected chi connectivity index (χ3v) is 5.51. The zero-order valence-electron chi connectivity index (χ0n) is 16.7. The van der Waals surface area contributed by atoms with E-state index in [1.165, 1.54) is 6.07 Å². The quantitative estimate of drug-likeness (QED) is 0.177. The van der Waals surface area contributed by atoms with Gasteiger partial charge in [-0.05, 0) is 42.5 Å². The van der Waals surface area contributed by atoms with E-state index < -0.39 is 52.5 Å². The smallest absolute Gasteiger partial charge is 0.416 e. The Hall–Kier alpha value is -3.86. The number of rotatable bonds is 3. The third kappa shape index (κ3) is 4.10. The number of anilines is 2. The maximum absolute atomic E-state index is 13.9. The lowest BCUT2D eigenvalue weighted by atomic mass is 9.95. The minimum Gasteiger partial charge on any atom is -0.505 e. The van der Waals surface area contributed by atoms with Crippen molar-refractivity contribution in [2.24, 2.45) is 0 Å². The van der Waals surface area contributed by atoms with E-state index in [1.807, 2.05) is 0 Å². The summed E-state index contributed by atoms with van der Waals surface area (Å²) >= 11 is 6.15. The van der Waals surface area contributed by atoms with Crippen LogP contribution in [0.3, 0.4) is 0 Å². The molecule has 5 N–H and O–H groups in total. The maximum atomic E-state index is 13.9. The van der Waals surface area contributed by atoms with Gasteiger partial charge in [-0.1, -0.05) is 11.6 Å². The maximum Gasteiger partial charge on any atom is 0.416 e. The number of hydrogen-bond donors (Lipinski definition) is 4. The predicted molar refractivity (Wildman–Crippen MR) is 113 cm³/mol. The van der Waals surface area contributed by atoms with Gasteiger partial charge in [0.1, 0.15) is 11.6 Å². The number of nitrogen functional groups attached to an aromatic ring is 1. The number of phenolic OH excluding ortho intramolecular Hbond substituents is 1. The monoisotopic (exact) mass is 497 g/mol. The number of carbonyl (C=O) groups is 2. The second-order valence-corrected chi connectivity index (χ2v) is 7.81. The Bertz CT molecular complexity index is 1360. The summed E-state index contributed by atoms with van der Waals surface area (Å²) in [7, 11) is 0. The van der Waals surface area contributed by atoms with Crippen molar-refractivity contribution in [3.63, 3.8) is 0 Å². The fourth-order valence-corrected chi connectivity index (χ4v) is 3.89. The summed E-state index contributed by atoms with van der Waals surface area (Å²) in [6, 6.07) is 4.54. The Kier molecular flexibility index (Phi) is 5.60. The topological polar surface area (TPSA) is 104 Å². The molecule has 0 fully saturated rings. The molecule has 1 atom stereocenters. The van der Waals surface area contributed by atoms with Crippen LogP contribution in [0.25, 0.3) is 0 Å². The van der Waals surface area contributed by atoms with E-state index in [2.05, 4.69) is 10.6 Å². The standard InChI is InChI=1S/C22H13ClF5N3O3/c23-13-2-1-10(24)6-12(13)18-16-15(7-14(29)19(32)17(16)21(34)31-18)30-20(33)8-3-9(22(26,27)28)5-11(25)4-8/h1-7,18,32H,29H2,(H,30,33)(H,31,34). The fourth-order valence-electron chi connectivity index (χ4n) is 3.66. The molecule has 2 amide bonds. The van der Waals surface area contributed by atoms with E-state index in [9.17, 15) is 36.6 Å². The van der Waals surface area contributed by atoms with Crippen molar-refractivity contribution in [2.45, 2.75) is 12.2 Å². The van der Waals surface area contributed by atoms with Crippen LogP contribution in [0.2, 0.25) is 5.02 Å². The van der Waals surface area contributed by atoms with Crippen molar-refractivity contribution in [1.82, 2.24) is 5.32 Å². The van der Waals surface area contributed by atoms with E-state index >= 15 is 0 Å². The molecule has 1 aliphatic rings. The second kappa shape index (κ2) is 8.17. The van der Waals surface area contributed by atoms with Gasteiger partial charge in [-0.25, -0.2) is 8.78 Å². The molecule has 34 heavy (non-hydrogen) atoms. The van der Waals surface area contributed by atoms with Crippen molar-refractivity contribution in [1.29, 1.82) is 0 Å². The number of carbonyl (C=O) groups excluding carboxylic acids is 2. The molecular formula is C22H13ClF5N3O3. The van der Waals surface area contributed by atoms with Crippen LogP contribution < -0.4 is 16.4 Å². The highest BCUT2D eigenvalue weighted by Gasteiger charge is 2.38. The number of nitrogens with two attached hydrogens (primary N) is 1. The lowest BCUT2D eigenvalue weighted by Gasteiger charge is -2.19. The highest BCUT2D eigenvalue weighted by atomic mass is 35.5. The van der Waals surface area contributed by atoms with Gasteiger partial charge in [0.05, 0.1) is 22.9 Å². The number of phenols is 1. The van der Waals surface area contributed by atoms with E-state index in [4.69, 9.17) is 17.3 Å². The van der Waals surface area contributed by atoms with Crippen molar-refractivity contribution < 1.29 is 36.6 Å². The summed E-state index contributed by atoms with van der Waals surface area (Å²) in [6.45, 7) is 0. The largest absolute Gasteiger partial charge is 0.505 e. The Morgan fingerprint density at radius 2 is 1.79 bits per heavy atom. The zero-order valence-corrected chi connectivity index (χ0v) is 17.5. The summed E-state index contributed by atoms with van der Waals surface area (Å²) in [5.41, 5.74) is 2.88. The van der Waals surface area contributed by atoms with Gasteiger partial charge in [-0.2, -0.15) is 13.2 Å². The molecule has 1 unspecified atom stereocenters. The number of fused-ring (bicyclic) bond motifs is 1. The molecule has 176 valence electrons. The SMILES string of the molecule is Nc1cc(NC(=O)c2cc(F)cc(C(F)(F)F)c2)c2c(c1O)C(=O)NC2c1cc(F)ccc1Cl. The zero-order chi connectivity index (χ0) is 24.9. The summed E-state index contributed by atoms with van der Waals surface area (Å²) in [5, 5.41) is 15.2. The number of hydrogen-bond acceptors (Lipinski definition) is 4. The van der Waals surface area contributed by atoms with Gasteiger partial charge in [0, 0.05) is 27.4 Å². The van der Waals surface area contributed by atoms with Crippen molar-refractivity contribution in [3.8, 4) is 5.75 Å². The van der Waals surface area contributed by atoms with Crippen molar-refractivity contribution >= 4 is 34.8 Å². The molecule has 0 spiro atoms. The van der Waals surface area contributed by atoms with E-state index in [0.717, 1.165) is 18.2 Å². The lowest BCUT2D eigenvalue weighted by Crippen LogP contribution is -2.21. The van der Waals surface area contributed by atoms with Crippen LogP contribution in [-0.2, 0) is 6.18 Å². The normalized spacial score (nSPS) is 15.1. The molecule has 0 radical (unpaired) electrons. The Balaban J connectivity index is 1.83. The van der Waals surface area contributed by atoms with E-state index in [-0.39, 0.29) is 39.2 Å². The average Bonchev–Trinajstić information content (AvgIpc) is 3.09. The number of aromatic hydroxyl groups is 1. The molecule has 0 saturated carbocycles. The summed E-state index contributed by atoms with van der Waals surface area (Å²) < 4.78 is 66.8. The van der Waals surface area contributed by atoms with Crippen LogP contribution in [0.4, 0.5) is 33.3 Å². The lowest BCUT2D eigenvalue weighted by molar-refractivity contribution is -0.137. The molecule has 6 nitrogen and oxygen atoms in total. The van der Waals surface area contributed by atoms with Crippen LogP contribution in [0.15, 0.2) is 42.5 Å². The number of benzene rings is 3. The molecule has 3 aromatic rings. The molecule has 0 aromatic heterocycles. The van der Waals surface area contributed by atoms with Gasteiger partial charge in [0.2, 0.25) is 0 Å². The van der Waals surface area contributed by atoms with E-state index in [0.29, 0.717) is 12.1 Å². The predicted octanol–water partition coefficient (Wildman–Crippen LogP) is 5.01. The minimum absolute atomic E-state index is 0.0492. The molecule has 3 aromatic carbocycles. The van der Waals surface area contributed by atoms with Gasteiger partial charge in [0.15, 0.2) is 5.75 Å². The highest BCUT2D eigenvalue weighted by molar-refractivity contribution is 6.31. The molecule has 4 rings (SSSR count). The minimum atomic E-state index is -4.91.